The first-order valence-electron chi connectivity index (χ1n) is 7.90. The average molecular weight is 304 g/mol. The molecule has 3 heteroatoms. The first-order chi connectivity index (χ1) is 10.2. The molecule has 112 valence electrons. The summed E-state index contributed by atoms with van der Waals surface area (Å²) in [4.78, 5) is 12.7. The summed E-state index contributed by atoms with van der Waals surface area (Å²) < 4.78 is 0. The molecule has 1 aromatic carbocycles. The summed E-state index contributed by atoms with van der Waals surface area (Å²) in [6.45, 7) is 0.804. The minimum atomic E-state index is -0.310. The Bertz CT molecular complexity index is 531. The second kappa shape index (κ2) is 6.23. The molecule has 1 amide bonds. The van der Waals surface area contributed by atoms with Crippen LogP contribution >= 0.6 is 11.6 Å². The van der Waals surface area contributed by atoms with Gasteiger partial charge in [0, 0.05) is 11.6 Å². The highest BCUT2D eigenvalue weighted by Crippen LogP contribution is 2.44. The lowest BCUT2D eigenvalue weighted by Crippen LogP contribution is -2.50. The number of halogens is 1. The van der Waals surface area contributed by atoms with Gasteiger partial charge < -0.3 is 5.32 Å². The minimum absolute atomic E-state index is 0.200. The monoisotopic (exact) mass is 303 g/mol. The molecule has 3 rings (SSSR count). The number of benzene rings is 1. The maximum Gasteiger partial charge on any atom is 0.230 e. The highest BCUT2D eigenvalue weighted by atomic mass is 35.5. The van der Waals surface area contributed by atoms with Gasteiger partial charge in [-0.05, 0) is 55.7 Å². The van der Waals surface area contributed by atoms with Crippen molar-refractivity contribution in [3.05, 3.63) is 47.0 Å². The van der Waals surface area contributed by atoms with Crippen molar-refractivity contribution in [2.75, 3.05) is 6.54 Å². The molecule has 2 aliphatic rings. The van der Waals surface area contributed by atoms with E-state index >= 15 is 0 Å². The molecule has 21 heavy (non-hydrogen) atoms. The Kier molecular flexibility index (Phi) is 4.34. The van der Waals surface area contributed by atoms with E-state index in [0.717, 1.165) is 49.2 Å². The van der Waals surface area contributed by atoms with E-state index in [-0.39, 0.29) is 11.3 Å². The number of amides is 1. The zero-order chi connectivity index (χ0) is 14.7. The van der Waals surface area contributed by atoms with Crippen molar-refractivity contribution in [3.63, 3.8) is 0 Å². The summed E-state index contributed by atoms with van der Waals surface area (Å²) >= 11 is 5.96. The van der Waals surface area contributed by atoms with Gasteiger partial charge in [0.15, 0.2) is 0 Å². The van der Waals surface area contributed by atoms with Crippen LogP contribution in [0.5, 0.6) is 0 Å². The van der Waals surface area contributed by atoms with Crippen LogP contribution in [0, 0.1) is 5.92 Å². The van der Waals surface area contributed by atoms with Crippen LogP contribution in [0.3, 0.4) is 0 Å². The van der Waals surface area contributed by atoms with Crippen molar-refractivity contribution in [2.45, 2.75) is 43.9 Å². The largest absolute Gasteiger partial charge is 0.355 e. The van der Waals surface area contributed by atoms with Crippen LogP contribution in [0.25, 0.3) is 0 Å². The first kappa shape index (κ1) is 14.6. The fourth-order valence-electron chi connectivity index (χ4n) is 3.39. The third-order valence-electron chi connectivity index (χ3n) is 4.97. The van der Waals surface area contributed by atoms with E-state index in [2.05, 4.69) is 17.5 Å². The first-order valence-corrected chi connectivity index (χ1v) is 8.28. The molecular weight excluding hydrogens is 282 g/mol. The van der Waals surface area contributed by atoms with Crippen molar-refractivity contribution < 1.29 is 4.79 Å². The number of nitrogens with one attached hydrogen (secondary N) is 1. The predicted octanol–water partition coefficient (Wildman–Crippen LogP) is 4.23. The fraction of sp³-hybridized carbons (Fsp3) is 0.500. The Labute approximate surface area is 131 Å². The molecule has 0 radical (unpaired) electrons. The third kappa shape index (κ3) is 3.01. The van der Waals surface area contributed by atoms with Gasteiger partial charge in [-0.3, -0.25) is 4.79 Å². The van der Waals surface area contributed by atoms with Crippen LogP contribution in [0.1, 0.15) is 44.1 Å². The second-order valence-corrected chi connectivity index (χ2v) is 6.74. The summed E-state index contributed by atoms with van der Waals surface area (Å²) in [5, 5.41) is 3.93. The van der Waals surface area contributed by atoms with Crippen molar-refractivity contribution in [3.8, 4) is 0 Å². The van der Waals surface area contributed by atoms with Gasteiger partial charge in [-0.25, -0.2) is 0 Å². The highest BCUT2D eigenvalue weighted by molar-refractivity contribution is 6.30. The standard InChI is InChI=1S/C18H22ClNO/c19-16-9-7-15(8-10-16)18(11-4-12-18)17(21)20-13-14-5-2-1-3-6-14/h1-2,7-10,14H,3-6,11-13H2,(H,20,21). The van der Waals surface area contributed by atoms with Crippen molar-refractivity contribution >= 4 is 17.5 Å². The summed E-state index contributed by atoms with van der Waals surface area (Å²) in [6, 6.07) is 7.78. The van der Waals surface area contributed by atoms with Crippen molar-refractivity contribution in [2.24, 2.45) is 5.92 Å². The Morgan fingerprint density at radius 1 is 1.24 bits per heavy atom. The van der Waals surface area contributed by atoms with Crippen LogP contribution in [-0.2, 0) is 10.2 Å². The van der Waals surface area contributed by atoms with Crippen molar-refractivity contribution in [1.29, 1.82) is 0 Å². The van der Waals surface area contributed by atoms with Crippen LogP contribution in [0.15, 0.2) is 36.4 Å². The zero-order valence-electron chi connectivity index (χ0n) is 12.3. The molecule has 1 aromatic rings. The van der Waals surface area contributed by atoms with E-state index in [0.29, 0.717) is 5.92 Å². The van der Waals surface area contributed by atoms with Gasteiger partial charge in [-0.15, -0.1) is 0 Å². The zero-order valence-corrected chi connectivity index (χ0v) is 13.0. The van der Waals surface area contributed by atoms with Crippen LogP contribution in [-0.4, -0.2) is 12.5 Å². The normalized spacial score (nSPS) is 23.4. The van der Waals surface area contributed by atoms with Gasteiger partial charge in [-0.1, -0.05) is 42.3 Å². The molecule has 0 saturated heterocycles. The van der Waals surface area contributed by atoms with Crippen LogP contribution in [0.4, 0.5) is 0 Å². The maximum absolute atomic E-state index is 12.7. The molecule has 0 aliphatic heterocycles. The molecule has 1 atom stereocenters. The van der Waals surface area contributed by atoms with Gasteiger partial charge in [0.2, 0.25) is 5.91 Å². The Morgan fingerprint density at radius 3 is 2.57 bits per heavy atom. The molecule has 1 saturated carbocycles. The van der Waals surface area contributed by atoms with Gasteiger partial charge in [0.05, 0.1) is 5.41 Å². The van der Waals surface area contributed by atoms with E-state index in [9.17, 15) is 4.79 Å². The smallest absolute Gasteiger partial charge is 0.230 e. The van der Waals surface area contributed by atoms with E-state index in [4.69, 9.17) is 11.6 Å². The lowest BCUT2D eigenvalue weighted by atomic mass is 9.63. The number of hydrogen-bond donors (Lipinski definition) is 1. The van der Waals surface area contributed by atoms with E-state index in [1.165, 1.54) is 6.42 Å². The SMILES string of the molecule is O=C(NCC1CC=CCC1)C1(c2ccc(Cl)cc2)CCC1. The lowest BCUT2D eigenvalue weighted by Gasteiger charge is -2.41. The summed E-state index contributed by atoms with van der Waals surface area (Å²) in [6.07, 6.45) is 10.9. The molecule has 0 bridgehead atoms. The van der Waals surface area contributed by atoms with Gasteiger partial charge >= 0.3 is 0 Å². The van der Waals surface area contributed by atoms with E-state index in [1.807, 2.05) is 24.3 Å². The van der Waals surface area contributed by atoms with E-state index in [1.54, 1.807) is 0 Å². The van der Waals surface area contributed by atoms with Crippen LogP contribution in [0.2, 0.25) is 5.02 Å². The molecule has 1 unspecified atom stereocenters. The topological polar surface area (TPSA) is 29.1 Å². The quantitative estimate of drug-likeness (QED) is 0.828. The number of rotatable bonds is 4. The number of allylic oxidation sites excluding steroid dienone is 2. The Morgan fingerprint density at radius 2 is 2.00 bits per heavy atom. The third-order valence-corrected chi connectivity index (χ3v) is 5.22. The summed E-state index contributed by atoms with van der Waals surface area (Å²) in [5.74, 6) is 0.798. The van der Waals surface area contributed by atoms with E-state index < -0.39 is 0 Å². The molecule has 1 fully saturated rings. The Balaban J connectivity index is 1.66. The minimum Gasteiger partial charge on any atom is -0.355 e. The lowest BCUT2D eigenvalue weighted by molar-refractivity contribution is -0.130. The molecular formula is C18H22ClNO. The van der Waals surface area contributed by atoms with Crippen LogP contribution < -0.4 is 5.32 Å². The number of carbonyl (C=O) groups excluding carboxylic acids is 1. The van der Waals surface area contributed by atoms with Gasteiger partial charge in [-0.2, -0.15) is 0 Å². The predicted molar refractivity (Wildman–Crippen MR) is 86.5 cm³/mol. The molecule has 0 spiro atoms. The Hall–Kier alpha value is -1.28. The highest BCUT2D eigenvalue weighted by Gasteiger charge is 2.45. The summed E-state index contributed by atoms with van der Waals surface area (Å²) in [7, 11) is 0. The average Bonchev–Trinajstić information content (AvgIpc) is 2.47. The molecule has 2 nitrogen and oxygen atoms in total. The molecule has 1 N–H and O–H groups in total. The molecule has 2 aliphatic carbocycles. The van der Waals surface area contributed by atoms with Gasteiger partial charge in [0.1, 0.15) is 0 Å². The molecule has 0 aromatic heterocycles. The van der Waals surface area contributed by atoms with Gasteiger partial charge in [0.25, 0.3) is 0 Å². The molecule has 0 heterocycles. The van der Waals surface area contributed by atoms with Crippen molar-refractivity contribution in [1.82, 2.24) is 5.32 Å². The fourth-order valence-corrected chi connectivity index (χ4v) is 3.52. The number of carbonyl (C=O) groups is 1. The second-order valence-electron chi connectivity index (χ2n) is 6.30. The number of hydrogen-bond acceptors (Lipinski definition) is 1. The maximum atomic E-state index is 12.7. The summed E-state index contributed by atoms with van der Waals surface area (Å²) in [5.41, 5.74) is 0.800.